The molecule has 0 fully saturated rings. The Morgan fingerprint density at radius 2 is 1.12 bits per heavy atom. The second-order valence-corrected chi connectivity index (χ2v) is 7.89. The molecule has 1 atom stereocenters. The summed E-state index contributed by atoms with van der Waals surface area (Å²) in [7, 11) is 0. The molecule has 4 nitrogen and oxygen atoms in total. The number of nitrogens with two attached hydrogens (primary N) is 1. The summed E-state index contributed by atoms with van der Waals surface area (Å²) in [6, 6.07) is -0.690. The third-order valence-electron chi connectivity index (χ3n) is 4.55. The molecule has 0 aromatic rings. The predicted molar refractivity (Wildman–Crippen MR) is 112 cm³/mol. The Bertz CT molecular complexity index is 269. The molecule has 158 valence electrons. The smallest absolute Gasteiger partial charge is 0.320 e. The van der Waals surface area contributed by atoms with Gasteiger partial charge in [-0.05, 0) is 18.8 Å². The van der Waals surface area contributed by atoms with Crippen LogP contribution in [0.1, 0.15) is 117 Å². The highest BCUT2D eigenvalue weighted by Gasteiger charge is 2.11. The summed E-state index contributed by atoms with van der Waals surface area (Å²) in [6.45, 7) is 6.55. The van der Waals surface area contributed by atoms with E-state index in [9.17, 15) is 4.79 Å². The highest BCUT2D eigenvalue weighted by Crippen LogP contribution is 2.12. The zero-order chi connectivity index (χ0) is 20.0. The molecule has 0 saturated carbocycles. The molecule has 0 aliphatic rings. The van der Waals surface area contributed by atoms with Crippen LogP contribution in [-0.2, 0) is 4.79 Å². The molecule has 0 saturated heterocycles. The fraction of sp³-hybridized carbons (Fsp3) is 0.955. The number of rotatable bonds is 17. The molecule has 26 heavy (non-hydrogen) atoms. The van der Waals surface area contributed by atoms with E-state index < -0.39 is 12.0 Å². The van der Waals surface area contributed by atoms with Gasteiger partial charge in [-0.15, -0.1) is 0 Å². The molecule has 0 heterocycles. The third-order valence-corrected chi connectivity index (χ3v) is 4.55. The van der Waals surface area contributed by atoms with Crippen molar-refractivity contribution in [1.82, 2.24) is 0 Å². The summed E-state index contributed by atoms with van der Waals surface area (Å²) in [5, 5.41) is 16.9. The van der Waals surface area contributed by atoms with Crippen LogP contribution in [0.15, 0.2) is 0 Å². The van der Waals surface area contributed by atoms with Gasteiger partial charge in [-0.25, -0.2) is 0 Å². The fourth-order valence-corrected chi connectivity index (χ4v) is 2.92. The highest BCUT2D eigenvalue weighted by molar-refractivity contribution is 5.72. The summed E-state index contributed by atoms with van der Waals surface area (Å²) in [4.78, 5) is 10.1. The largest absolute Gasteiger partial charge is 0.480 e. The Morgan fingerprint density at radius 1 is 0.769 bits per heavy atom. The first kappa shape index (κ1) is 27.6. The van der Waals surface area contributed by atoms with Crippen molar-refractivity contribution in [1.29, 1.82) is 0 Å². The highest BCUT2D eigenvalue weighted by atomic mass is 16.4. The lowest BCUT2D eigenvalue weighted by Gasteiger charge is -2.07. The Morgan fingerprint density at radius 3 is 1.35 bits per heavy atom. The standard InChI is InChI=1S/C16H34O.C6H13NO2/c1-2-3-4-5-6-7-8-9-10-11-12-13-14-15-16-17;1-4(2)3-5(7)6(8)9/h17H,2-16H2,1H3;4-5H,3,7H2,1-2H3,(H,8,9). The molecule has 0 aromatic carbocycles. The maximum absolute atomic E-state index is 10.1. The zero-order valence-corrected chi connectivity index (χ0v) is 17.8. The predicted octanol–water partition coefficient (Wildman–Crippen LogP) is 5.90. The van der Waals surface area contributed by atoms with Gasteiger partial charge >= 0.3 is 5.97 Å². The third kappa shape index (κ3) is 25.6. The monoisotopic (exact) mass is 373 g/mol. The van der Waals surface area contributed by atoms with Gasteiger partial charge in [0.25, 0.3) is 0 Å². The number of aliphatic hydroxyl groups excluding tert-OH is 1. The van der Waals surface area contributed by atoms with Crippen molar-refractivity contribution in [3.8, 4) is 0 Å². The number of carboxylic acids is 1. The van der Waals surface area contributed by atoms with Crippen LogP contribution in [-0.4, -0.2) is 28.8 Å². The van der Waals surface area contributed by atoms with E-state index in [1.165, 1.54) is 83.5 Å². The van der Waals surface area contributed by atoms with Crippen molar-refractivity contribution in [2.24, 2.45) is 11.7 Å². The van der Waals surface area contributed by atoms with Gasteiger partial charge in [0.1, 0.15) is 6.04 Å². The van der Waals surface area contributed by atoms with E-state index in [2.05, 4.69) is 6.92 Å². The van der Waals surface area contributed by atoms with Gasteiger partial charge in [0.2, 0.25) is 0 Å². The van der Waals surface area contributed by atoms with Crippen LogP contribution in [0.5, 0.6) is 0 Å². The average Bonchev–Trinajstić information content (AvgIpc) is 2.59. The SMILES string of the molecule is CC(C)CC(N)C(=O)O.CCCCCCCCCCCCCCCCO. The molecule has 0 bridgehead atoms. The quantitative estimate of drug-likeness (QED) is 0.277. The van der Waals surface area contributed by atoms with Crippen LogP contribution >= 0.6 is 0 Å². The molecule has 0 rings (SSSR count). The zero-order valence-electron chi connectivity index (χ0n) is 17.8. The van der Waals surface area contributed by atoms with Gasteiger partial charge in [-0.2, -0.15) is 0 Å². The maximum atomic E-state index is 10.1. The van der Waals surface area contributed by atoms with E-state index in [4.69, 9.17) is 15.9 Å². The van der Waals surface area contributed by atoms with Crippen molar-refractivity contribution >= 4 is 5.97 Å². The van der Waals surface area contributed by atoms with Crippen molar-refractivity contribution < 1.29 is 15.0 Å². The number of carboxylic acid groups (broad SMARTS) is 1. The van der Waals surface area contributed by atoms with Gasteiger partial charge in [-0.3, -0.25) is 4.79 Å². The van der Waals surface area contributed by atoms with E-state index in [-0.39, 0.29) is 0 Å². The molecule has 0 aliphatic carbocycles. The van der Waals surface area contributed by atoms with Gasteiger partial charge < -0.3 is 15.9 Å². The van der Waals surface area contributed by atoms with Crippen LogP contribution in [0.4, 0.5) is 0 Å². The lowest BCUT2D eigenvalue weighted by Crippen LogP contribution is -2.31. The average molecular weight is 374 g/mol. The molecule has 0 spiro atoms. The minimum Gasteiger partial charge on any atom is -0.480 e. The first-order valence-corrected chi connectivity index (χ1v) is 11.0. The van der Waals surface area contributed by atoms with Crippen molar-refractivity contribution in [2.75, 3.05) is 6.61 Å². The Hall–Kier alpha value is -0.610. The summed E-state index contributed by atoms with van der Waals surface area (Å²) < 4.78 is 0. The van der Waals surface area contributed by atoms with E-state index in [1.807, 2.05) is 13.8 Å². The number of unbranched alkanes of at least 4 members (excludes halogenated alkanes) is 13. The second kappa shape index (κ2) is 22.4. The number of hydrogen-bond donors (Lipinski definition) is 3. The summed E-state index contributed by atoms with van der Waals surface area (Å²) in [6.07, 6.45) is 19.8. The molecule has 0 aliphatic heterocycles. The van der Waals surface area contributed by atoms with Crippen molar-refractivity contribution in [3.63, 3.8) is 0 Å². The van der Waals surface area contributed by atoms with E-state index >= 15 is 0 Å². The van der Waals surface area contributed by atoms with Crippen LogP contribution < -0.4 is 5.73 Å². The van der Waals surface area contributed by atoms with Gasteiger partial charge in [0.05, 0.1) is 0 Å². The summed E-state index contributed by atoms with van der Waals surface area (Å²) in [5.41, 5.74) is 5.22. The Labute approximate surface area is 162 Å². The van der Waals surface area contributed by atoms with E-state index in [0.29, 0.717) is 18.9 Å². The van der Waals surface area contributed by atoms with Crippen molar-refractivity contribution in [2.45, 2.75) is 123 Å². The summed E-state index contributed by atoms with van der Waals surface area (Å²) in [5.74, 6) is -0.556. The van der Waals surface area contributed by atoms with Crippen LogP contribution in [0.2, 0.25) is 0 Å². The number of hydrogen-bond acceptors (Lipinski definition) is 3. The second-order valence-electron chi connectivity index (χ2n) is 7.89. The van der Waals surface area contributed by atoms with Crippen LogP contribution in [0, 0.1) is 5.92 Å². The first-order valence-electron chi connectivity index (χ1n) is 11.0. The van der Waals surface area contributed by atoms with Gasteiger partial charge in [0, 0.05) is 6.61 Å². The minimum atomic E-state index is -0.913. The maximum Gasteiger partial charge on any atom is 0.320 e. The topological polar surface area (TPSA) is 83.6 Å². The summed E-state index contributed by atoms with van der Waals surface area (Å²) >= 11 is 0. The fourth-order valence-electron chi connectivity index (χ4n) is 2.92. The van der Waals surface area contributed by atoms with Gasteiger partial charge in [-0.1, -0.05) is 104 Å². The molecular formula is C22H47NO3. The molecule has 0 aromatic heterocycles. The lowest BCUT2D eigenvalue weighted by atomic mass is 10.0. The molecular weight excluding hydrogens is 326 g/mol. The minimum absolute atomic E-state index is 0.357. The Kier molecular flexibility index (Phi) is 23.8. The number of aliphatic hydroxyl groups is 1. The molecule has 1 unspecified atom stereocenters. The molecule has 0 radical (unpaired) electrons. The normalized spacial score (nSPS) is 11.9. The van der Waals surface area contributed by atoms with Gasteiger partial charge in [0.15, 0.2) is 0 Å². The molecule has 4 N–H and O–H groups in total. The number of aliphatic carboxylic acids is 1. The first-order chi connectivity index (χ1) is 12.5. The van der Waals surface area contributed by atoms with Crippen LogP contribution in [0.25, 0.3) is 0 Å². The molecule has 4 heteroatoms. The lowest BCUT2D eigenvalue weighted by molar-refractivity contribution is -0.138. The molecule has 0 amide bonds. The van der Waals surface area contributed by atoms with E-state index in [1.54, 1.807) is 0 Å². The van der Waals surface area contributed by atoms with E-state index in [0.717, 1.165) is 6.42 Å². The van der Waals surface area contributed by atoms with Crippen molar-refractivity contribution in [3.05, 3.63) is 0 Å². The Balaban J connectivity index is 0. The number of carbonyl (C=O) groups is 1. The van der Waals surface area contributed by atoms with Crippen LogP contribution in [0.3, 0.4) is 0 Å².